The van der Waals surface area contributed by atoms with Crippen LogP contribution in [0.1, 0.15) is 0 Å². The summed E-state index contributed by atoms with van der Waals surface area (Å²) in [6.45, 7) is 0. The first-order valence-electron chi connectivity index (χ1n) is 22.7. The monoisotopic (exact) mass is 854 g/mol. The minimum absolute atomic E-state index is 0.625. The molecule has 0 aliphatic heterocycles. The second-order valence-electron chi connectivity index (χ2n) is 16.9. The van der Waals surface area contributed by atoms with Gasteiger partial charge < -0.3 is 4.57 Å². The molecule has 0 unspecified atom stereocenters. The van der Waals surface area contributed by atoms with Gasteiger partial charge >= 0.3 is 0 Å². The minimum atomic E-state index is 0.625. The van der Waals surface area contributed by atoms with Crippen molar-refractivity contribution in [3.05, 3.63) is 255 Å². The lowest BCUT2D eigenvalue weighted by atomic mass is 9.98. The number of hydrogen-bond donors (Lipinski definition) is 0. The molecule has 0 atom stereocenters. The highest BCUT2D eigenvalue weighted by Crippen LogP contribution is 2.40. The van der Waals surface area contributed by atoms with Crippen LogP contribution in [0.2, 0.25) is 0 Å². The Morgan fingerprint density at radius 3 is 1.01 bits per heavy atom. The normalized spacial score (nSPS) is 11.3. The zero-order valence-corrected chi connectivity index (χ0v) is 36.5. The molecule has 0 aliphatic rings. The van der Waals surface area contributed by atoms with Gasteiger partial charge in [-0.2, -0.15) is 0 Å². The molecule has 10 aromatic carbocycles. The summed E-state index contributed by atoms with van der Waals surface area (Å²) in [5.74, 6) is 1.89. The van der Waals surface area contributed by atoms with Crippen molar-refractivity contribution in [1.82, 2.24) is 19.5 Å². The molecule has 4 heteroatoms. The molecule has 67 heavy (non-hydrogen) atoms. The van der Waals surface area contributed by atoms with Gasteiger partial charge in [0.25, 0.3) is 0 Å². The fourth-order valence-electron chi connectivity index (χ4n) is 9.23. The summed E-state index contributed by atoms with van der Waals surface area (Å²) in [4.78, 5) is 15.1. The minimum Gasteiger partial charge on any atom is -0.309 e. The molecule has 314 valence electrons. The van der Waals surface area contributed by atoms with Crippen LogP contribution in [0.3, 0.4) is 0 Å². The van der Waals surface area contributed by atoms with E-state index in [1.807, 2.05) is 36.4 Å². The SMILES string of the molecule is c1ccc(-c2ccc(-c3nc(-c4ccccc4)nc(-c4ccc(-c5ccc6c7cc(-c8ccccc8)ccc7n(-c7cc(-c8ccccc8)cc(-c8ccccc8)c7)c6c5)cc4)n3)cc2)cc1. The van der Waals surface area contributed by atoms with Crippen molar-refractivity contribution in [1.29, 1.82) is 0 Å². The number of aromatic nitrogens is 4. The molecule has 0 spiro atoms. The maximum Gasteiger partial charge on any atom is 0.164 e. The van der Waals surface area contributed by atoms with Crippen LogP contribution in [-0.4, -0.2) is 19.5 Å². The highest BCUT2D eigenvalue weighted by molar-refractivity contribution is 6.11. The third-order valence-corrected chi connectivity index (χ3v) is 12.7. The van der Waals surface area contributed by atoms with Gasteiger partial charge in [-0.15, -0.1) is 0 Å². The lowest BCUT2D eigenvalue weighted by molar-refractivity contribution is 1.07. The molecular formula is C63H42N4. The molecule has 0 fully saturated rings. The second kappa shape index (κ2) is 17.2. The quantitative estimate of drug-likeness (QED) is 0.145. The van der Waals surface area contributed by atoms with E-state index in [0.29, 0.717) is 17.5 Å². The first kappa shape index (κ1) is 39.6. The van der Waals surface area contributed by atoms with Gasteiger partial charge in [0.15, 0.2) is 17.5 Å². The van der Waals surface area contributed by atoms with Crippen LogP contribution < -0.4 is 0 Å². The predicted octanol–water partition coefficient (Wildman–Crippen LogP) is 16.3. The van der Waals surface area contributed by atoms with Crippen LogP contribution in [0.15, 0.2) is 255 Å². The van der Waals surface area contributed by atoms with Crippen molar-refractivity contribution >= 4 is 21.8 Å². The Hall–Kier alpha value is -8.99. The van der Waals surface area contributed by atoms with Crippen molar-refractivity contribution < 1.29 is 0 Å². The van der Waals surface area contributed by atoms with Gasteiger partial charge in [0.05, 0.1) is 11.0 Å². The summed E-state index contributed by atoms with van der Waals surface area (Å²) < 4.78 is 2.44. The molecule has 12 aromatic rings. The standard InChI is InChI=1S/C63H42N4/c1-6-16-43(17-7-1)47-26-30-50(31-27-47)62-64-61(49-24-14-5-15-25-49)65-63(66-62)51-32-28-48(29-33-51)53-34-36-57-58-41-52(44-18-8-2-9-19-44)35-37-59(58)67(60(57)42-53)56-39-54(45-20-10-3-11-21-45)38-55(40-56)46-22-12-4-13-23-46/h1-42H. The van der Waals surface area contributed by atoms with E-state index in [4.69, 9.17) is 15.0 Å². The first-order chi connectivity index (χ1) is 33.2. The van der Waals surface area contributed by atoms with E-state index >= 15 is 0 Å². The lowest BCUT2D eigenvalue weighted by Crippen LogP contribution is -2.00. The van der Waals surface area contributed by atoms with Gasteiger partial charge in [-0.05, 0) is 92.0 Å². The van der Waals surface area contributed by atoms with Crippen LogP contribution in [0.25, 0.3) is 117 Å². The molecule has 0 saturated carbocycles. The highest BCUT2D eigenvalue weighted by Gasteiger charge is 2.18. The highest BCUT2D eigenvalue weighted by atomic mass is 15.0. The number of fused-ring (bicyclic) bond motifs is 3. The van der Waals surface area contributed by atoms with Gasteiger partial charge in [-0.25, -0.2) is 15.0 Å². The van der Waals surface area contributed by atoms with Gasteiger partial charge in [0, 0.05) is 33.2 Å². The van der Waals surface area contributed by atoms with Crippen LogP contribution in [0.4, 0.5) is 0 Å². The molecule has 0 aliphatic carbocycles. The molecule has 0 N–H and O–H groups in total. The summed E-state index contributed by atoms with van der Waals surface area (Å²) in [5.41, 5.74) is 17.8. The molecular weight excluding hydrogens is 813 g/mol. The molecule has 0 bridgehead atoms. The molecule has 0 radical (unpaired) electrons. The fourth-order valence-corrected chi connectivity index (χ4v) is 9.23. The molecule has 0 saturated heterocycles. The van der Waals surface area contributed by atoms with Crippen molar-refractivity contribution in [3.8, 4) is 95.5 Å². The molecule has 12 rings (SSSR count). The summed E-state index contributed by atoms with van der Waals surface area (Å²) in [6, 6.07) is 90.4. The molecule has 2 heterocycles. The molecule has 2 aromatic heterocycles. The Balaban J connectivity index is 0.980. The zero-order chi connectivity index (χ0) is 44.5. The lowest BCUT2D eigenvalue weighted by Gasteiger charge is -2.15. The van der Waals surface area contributed by atoms with E-state index in [9.17, 15) is 0 Å². The number of rotatable bonds is 9. The Labute approximate surface area is 389 Å². The third kappa shape index (κ3) is 7.77. The Morgan fingerprint density at radius 1 is 0.209 bits per heavy atom. The predicted molar refractivity (Wildman–Crippen MR) is 278 cm³/mol. The number of hydrogen-bond acceptors (Lipinski definition) is 3. The maximum atomic E-state index is 5.08. The van der Waals surface area contributed by atoms with Crippen molar-refractivity contribution in [3.63, 3.8) is 0 Å². The summed E-state index contributed by atoms with van der Waals surface area (Å²) in [7, 11) is 0. The van der Waals surface area contributed by atoms with E-state index in [0.717, 1.165) is 50.1 Å². The number of benzene rings is 10. The van der Waals surface area contributed by atoms with Crippen LogP contribution in [-0.2, 0) is 0 Å². The average molecular weight is 855 g/mol. The van der Waals surface area contributed by atoms with Crippen molar-refractivity contribution in [2.45, 2.75) is 0 Å². The van der Waals surface area contributed by atoms with Gasteiger partial charge in [0.1, 0.15) is 0 Å². The van der Waals surface area contributed by atoms with Gasteiger partial charge in [-0.3, -0.25) is 0 Å². The first-order valence-corrected chi connectivity index (χ1v) is 22.7. The van der Waals surface area contributed by atoms with Crippen LogP contribution in [0, 0.1) is 0 Å². The van der Waals surface area contributed by atoms with Gasteiger partial charge in [-0.1, -0.05) is 218 Å². The summed E-state index contributed by atoms with van der Waals surface area (Å²) in [6.07, 6.45) is 0. The topological polar surface area (TPSA) is 43.6 Å². The Bertz CT molecular complexity index is 3620. The second-order valence-corrected chi connectivity index (χ2v) is 16.9. The zero-order valence-electron chi connectivity index (χ0n) is 36.5. The largest absolute Gasteiger partial charge is 0.309 e. The van der Waals surface area contributed by atoms with Crippen molar-refractivity contribution in [2.24, 2.45) is 0 Å². The average Bonchev–Trinajstić information content (AvgIpc) is 3.75. The van der Waals surface area contributed by atoms with Gasteiger partial charge in [0.2, 0.25) is 0 Å². The van der Waals surface area contributed by atoms with E-state index in [-0.39, 0.29) is 0 Å². The van der Waals surface area contributed by atoms with E-state index < -0.39 is 0 Å². The van der Waals surface area contributed by atoms with Crippen LogP contribution >= 0.6 is 0 Å². The van der Waals surface area contributed by atoms with E-state index in [1.54, 1.807) is 0 Å². The summed E-state index contributed by atoms with van der Waals surface area (Å²) in [5, 5.41) is 2.40. The third-order valence-electron chi connectivity index (χ3n) is 12.7. The van der Waals surface area contributed by atoms with Crippen LogP contribution in [0.5, 0.6) is 0 Å². The van der Waals surface area contributed by atoms with E-state index in [2.05, 4.69) is 223 Å². The Kier molecular flexibility index (Phi) is 10.2. The van der Waals surface area contributed by atoms with E-state index in [1.165, 1.54) is 49.7 Å². The fraction of sp³-hybridized carbons (Fsp3) is 0. The number of nitrogens with zero attached hydrogens (tertiary/aromatic N) is 4. The maximum absolute atomic E-state index is 5.08. The van der Waals surface area contributed by atoms with Crippen molar-refractivity contribution in [2.75, 3.05) is 0 Å². The molecule has 0 amide bonds. The molecule has 4 nitrogen and oxygen atoms in total. The summed E-state index contributed by atoms with van der Waals surface area (Å²) >= 11 is 0. The Morgan fingerprint density at radius 2 is 0.537 bits per heavy atom. The smallest absolute Gasteiger partial charge is 0.164 e.